The minimum absolute atomic E-state index is 0.836. The molecule has 0 aliphatic carbocycles. The molecule has 0 bridgehead atoms. The van der Waals surface area contributed by atoms with Crippen LogP contribution < -0.4 is 0 Å². The van der Waals surface area contributed by atoms with Crippen LogP contribution >= 0.6 is 0 Å². The van der Waals surface area contributed by atoms with Crippen molar-refractivity contribution in [3.8, 4) is 0 Å². The third-order valence-corrected chi connectivity index (χ3v) is 2.61. The fourth-order valence-corrected chi connectivity index (χ4v) is 1.70. The standard InChI is InChI=1S/C3H12O5Si2/c1-2-3-9-7-8-10(4,5)6/h4-6H,2-3,9H2,1H3. The lowest BCUT2D eigenvalue weighted by Gasteiger charge is -2.07. The van der Waals surface area contributed by atoms with Crippen LogP contribution in [0, 0.1) is 0 Å². The predicted octanol–water partition coefficient (Wildman–Crippen LogP) is -1.74. The first-order valence-electron chi connectivity index (χ1n) is 3.04. The van der Waals surface area contributed by atoms with E-state index in [1.807, 2.05) is 6.92 Å². The van der Waals surface area contributed by atoms with Gasteiger partial charge in [0.25, 0.3) is 0 Å². The number of hydrogen-bond donors (Lipinski definition) is 3. The van der Waals surface area contributed by atoms with E-state index < -0.39 is 18.8 Å². The van der Waals surface area contributed by atoms with E-state index in [0.717, 1.165) is 12.5 Å². The Morgan fingerprint density at radius 3 is 2.40 bits per heavy atom. The van der Waals surface area contributed by atoms with Gasteiger partial charge in [-0.1, -0.05) is 13.3 Å². The van der Waals surface area contributed by atoms with Crippen molar-refractivity contribution in [2.24, 2.45) is 0 Å². The summed E-state index contributed by atoms with van der Waals surface area (Å²) < 4.78 is 8.29. The molecule has 0 saturated carbocycles. The average molecular weight is 184 g/mol. The number of hydrogen-bond acceptors (Lipinski definition) is 5. The molecule has 3 N–H and O–H groups in total. The van der Waals surface area contributed by atoms with Gasteiger partial charge in [0.1, 0.15) is 0 Å². The Morgan fingerprint density at radius 2 is 2.00 bits per heavy atom. The predicted molar refractivity (Wildman–Crippen MR) is 38.2 cm³/mol. The van der Waals surface area contributed by atoms with Gasteiger partial charge in [-0.3, -0.25) is 4.58 Å². The van der Waals surface area contributed by atoms with Crippen LogP contribution in [-0.2, 0) is 9.15 Å². The molecule has 0 heterocycles. The molecule has 0 aromatic carbocycles. The van der Waals surface area contributed by atoms with Gasteiger partial charge >= 0.3 is 9.05 Å². The van der Waals surface area contributed by atoms with Gasteiger partial charge in [-0.05, 0) is 6.04 Å². The molecule has 0 aliphatic heterocycles. The summed E-state index contributed by atoms with van der Waals surface area (Å²) >= 11 is 0. The van der Waals surface area contributed by atoms with E-state index in [0.29, 0.717) is 0 Å². The Hall–Kier alpha value is 0.234. The van der Waals surface area contributed by atoms with Gasteiger partial charge in [0.05, 0.1) is 0 Å². The first-order chi connectivity index (χ1) is 4.56. The minimum Gasteiger partial charge on any atom is -0.366 e. The van der Waals surface area contributed by atoms with E-state index in [1.165, 1.54) is 0 Å². The number of rotatable bonds is 5. The van der Waals surface area contributed by atoms with E-state index in [-0.39, 0.29) is 0 Å². The molecule has 0 saturated heterocycles. The van der Waals surface area contributed by atoms with Crippen LogP contribution in [0.3, 0.4) is 0 Å². The maximum Gasteiger partial charge on any atom is 0.698 e. The molecule has 62 valence electrons. The highest BCUT2D eigenvalue weighted by Crippen LogP contribution is 1.92. The van der Waals surface area contributed by atoms with E-state index >= 15 is 0 Å². The maximum atomic E-state index is 8.24. The Morgan fingerprint density at radius 1 is 1.40 bits per heavy atom. The van der Waals surface area contributed by atoms with Gasteiger partial charge in [0, 0.05) is 0 Å². The molecule has 0 fully saturated rings. The summed E-state index contributed by atoms with van der Waals surface area (Å²) in [6.45, 7) is 1.98. The van der Waals surface area contributed by atoms with Crippen molar-refractivity contribution >= 4 is 18.8 Å². The Bertz CT molecular complexity index is 81.5. The smallest absolute Gasteiger partial charge is 0.366 e. The summed E-state index contributed by atoms with van der Waals surface area (Å²) in [7, 11) is -5.23. The van der Waals surface area contributed by atoms with Crippen molar-refractivity contribution in [1.82, 2.24) is 0 Å². The van der Waals surface area contributed by atoms with Gasteiger partial charge in [-0.15, -0.1) is 0 Å². The third kappa shape index (κ3) is 8.23. The van der Waals surface area contributed by atoms with Crippen molar-refractivity contribution in [1.29, 1.82) is 0 Å². The normalized spacial score (nSPS) is 13.2. The molecule has 0 aromatic rings. The highest BCUT2D eigenvalue weighted by Gasteiger charge is 2.32. The molecule has 0 atom stereocenters. The van der Waals surface area contributed by atoms with Gasteiger partial charge in [0.2, 0.25) is 9.76 Å². The second-order valence-electron chi connectivity index (χ2n) is 1.83. The van der Waals surface area contributed by atoms with Gasteiger partial charge in [-0.2, -0.15) is 0 Å². The lowest BCUT2D eigenvalue weighted by atomic mass is 10.6. The summed E-state index contributed by atoms with van der Waals surface area (Å²) in [6.07, 6.45) is 0.979. The van der Waals surface area contributed by atoms with Crippen LogP contribution in [0.25, 0.3) is 0 Å². The Balaban J connectivity index is 3.04. The molecule has 0 radical (unpaired) electrons. The molecular formula is C3H12O5Si2. The molecule has 0 rings (SSSR count). The van der Waals surface area contributed by atoms with Gasteiger partial charge in [-0.25, -0.2) is 4.58 Å². The molecule has 5 nitrogen and oxygen atoms in total. The van der Waals surface area contributed by atoms with E-state index in [4.69, 9.17) is 14.4 Å². The second kappa shape index (κ2) is 4.96. The Labute approximate surface area is 62.6 Å². The van der Waals surface area contributed by atoms with Crippen LogP contribution in [0.1, 0.15) is 13.3 Å². The summed E-state index contributed by atoms with van der Waals surface area (Å²) in [5.74, 6) is 0. The lowest BCUT2D eigenvalue weighted by Crippen LogP contribution is -2.39. The van der Waals surface area contributed by atoms with Crippen molar-refractivity contribution < 1.29 is 23.5 Å². The second-order valence-corrected chi connectivity index (χ2v) is 4.50. The monoisotopic (exact) mass is 184 g/mol. The van der Waals surface area contributed by atoms with Crippen molar-refractivity contribution in [3.63, 3.8) is 0 Å². The van der Waals surface area contributed by atoms with Crippen LogP contribution in [0.15, 0.2) is 0 Å². The highest BCUT2D eigenvalue weighted by atomic mass is 28.4. The zero-order valence-electron chi connectivity index (χ0n) is 5.78. The van der Waals surface area contributed by atoms with Crippen LogP contribution in [0.2, 0.25) is 6.04 Å². The molecule has 0 aliphatic rings. The average Bonchev–Trinajstić information content (AvgIpc) is 1.78. The molecule has 0 unspecified atom stereocenters. The molecule has 7 heteroatoms. The lowest BCUT2D eigenvalue weighted by molar-refractivity contribution is -0.178. The first-order valence-corrected chi connectivity index (χ1v) is 6.36. The third-order valence-electron chi connectivity index (χ3n) is 0.752. The summed E-state index contributed by atoms with van der Waals surface area (Å²) in [4.78, 5) is 24.7. The molecule has 10 heavy (non-hydrogen) atoms. The van der Waals surface area contributed by atoms with Crippen molar-refractivity contribution in [3.05, 3.63) is 0 Å². The van der Waals surface area contributed by atoms with Gasteiger partial charge in [0.15, 0.2) is 0 Å². The highest BCUT2D eigenvalue weighted by molar-refractivity contribution is 6.48. The quantitative estimate of drug-likeness (QED) is 0.205. The van der Waals surface area contributed by atoms with E-state index in [2.05, 4.69) is 9.15 Å². The summed E-state index contributed by atoms with van der Waals surface area (Å²) in [5.41, 5.74) is 0. The fourth-order valence-electron chi connectivity index (χ4n) is 0.324. The fraction of sp³-hybridized carbons (Fsp3) is 1.00. The molecule has 0 aromatic heterocycles. The van der Waals surface area contributed by atoms with Crippen LogP contribution in [0.4, 0.5) is 0 Å². The van der Waals surface area contributed by atoms with E-state index in [1.54, 1.807) is 0 Å². The zero-order valence-corrected chi connectivity index (χ0v) is 8.19. The molecule has 0 amide bonds. The first kappa shape index (κ1) is 10.2. The van der Waals surface area contributed by atoms with Crippen LogP contribution in [-0.4, -0.2) is 33.2 Å². The molecular weight excluding hydrogens is 172 g/mol. The SMILES string of the molecule is CCC[SiH2]OO[Si](O)(O)O. The van der Waals surface area contributed by atoms with Gasteiger partial charge < -0.3 is 14.4 Å². The van der Waals surface area contributed by atoms with Crippen LogP contribution in [0.5, 0.6) is 0 Å². The summed E-state index contributed by atoms with van der Waals surface area (Å²) in [5, 5.41) is 0. The summed E-state index contributed by atoms with van der Waals surface area (Å²) in [6, 6.07) is 0.893. The Kier molecular flexibility index (Phi) is 5.08. The minimum atomic E-state index is -4.39. The van der Waals surface area contributed by atoms with Crippen molar-refractivity contribution in [2.75, 3.05) is 0 Å². The van der Waals surface area contributed by atoms with E-state index in [9.17, 15) is 0 Å². The van der Waals surface area contributed by atoms with Crippen molar-refractivity contribution in [2.45, 2.75) is 19.4 Å². The maximum absolute atomic E-state index is 8.24. The zero-order chi connectivity index (χ0) is 8.04. The largest absolute Gasteiger partial charge is 0.698 e. The topological polar surface area (TPSA) is 79.2 Å². The molecule has 0 spiro atoms.